The molecule has 0 bridgehead atoms. The third-order valence-corrected chi connectivity index (χ3v) is 3.27. The molecule has 0 fully saturated rings. The lowest BCUT2D eigenvalue weighted by atomic mass is 10.2. The van der Waals surface area contributed by atoms with Crippen LogP contribution < -0.4 is 10.1 Å². The molecule has 0 spiro atoms. The Bertz CT molecular complexity index is 696. The molecule has 0 unspecified atom stereocenters. The normalized spacial score (nSPS) is 10.6. The summed E-state index contributed by atoms with van der Waals surface area (Å²) in [6, 6.07) is 4.30. The Morgan fingerprint density at radius 3 is 2.82 bits per heavy atom. The van der Waals surface area contributed by atoms with Gasteiger partial charge in [0.2, 0.25) is 0 Å². The predicted octanol–water partition coefficient (Wildman–Crippen LogP) is 2.30. The Labute approximate surface area is 126 Å². The van der Waals surface area contributed by atoms with E-state index in [4.69, 9.17) is 9.84 Å². The maximum Gasteiger partial charge on any atom is 0.303 e. The monoisotopic (exact) mass is 308 g/mol. The topological polar surface area (TPSA) is 91.4 Å². The van der Waals surface area contributed by atoms with Crippen molar-refractivity contribution in [2.75, 3.05) is 13.7 Å². The van der Waals surface area contributed by atoms with E-state index in [1.165, 1.54) is 25.3 Å². The average Bonchev–Trinajstić information content (AvgIpc) is 2.93. The van der Waals surface area contributed by atoms with E-state index in [1.54, 1.807) is 0 Å². The van der Waals surface area contributed by atoms with Gasteiger partial charge in [-0.05, 0) is 31.0 Å². The maximum absolute atomic E-state index is 13.7. The van der Waals surface area contributed by atoms with Crippen LogP contribution in [-0.4, -0.2) is 35.6 Å². The van der Waals surface area contributed by atoms with E-state index in [1.807, 2.05) is 0 Å². The van der Waals surface area contributed by atoms with Crippen molar-refractivity contribution in [2.45, 2.75) is 19.3 Å². The van der Waals surface area contributed by atoms with Gasteiger partial charge in [0.1, 0.15) is 17.3 Å². The third-order valence-electron chi connectivity index (χ3n) is 3.27. The summed E-state index contributed by atoms with van der Waals surface area (Å²) < 4.78 is 18.9. The quantitative estimate of drug-likeness (QED) is 0.684. The third kappa shape index (κ3) is 3.55. The summed E-state index contributed by atoms with van der Waals surface area (Å²) >= 11 is 0. The Morgan fingerprint density at radius 2 is 2.14 bits per heavy atom. The van der Waals surface area contributed by atoms with Gasteiger partial charge in [0.25, 0.3) is 5.91 Å². The standard InChI is InChI=1S/C15H17FN2O4/c1-22-12-6-5-10(16)14-9(12)8-11(18-14)15(21)17-7-3-2-4-13(19)20/h5-6,8,18H,2-4,7H2,1H3,(H,17,21)(H,19,20). The second-order valence-corrected chi connectivity index (χ2v) is 4.83. The van der Waals surface area contributed by atoms with Crippen LogP contribution in [0.2, 0.25) is 0 Å². The molecule has 1 aromatic carbocycles. The van der Waals surface area contributed by atoms with Crippen LogP contribution in [0, 0.1) is 5.82 Å². The smallest absolute Gasteiger partial charge is 0.303 e. The first-order chi connectivity index (χ1) is 10.5. The van der Waals surface area contributed by atoms with Crippen molar-refractivity contribution in [1.82, 2.24) is 10.3 Å². The molecule has 2 aromatic rings. The molecule has 0 aliphatic heterocycles. The number of hydrogen-bond acceptors (Lipinski definition) is 3. The van der Waals surface area contributed by atoms with Crippen molar-refractivity contribution in [3.05, 3.63) is 29.7 Å². The Kier molecular flexibility index (Phi) is 4.98. The molecule has 0 saturated carbocycles. The number of aromatic nitrogens is 1. The van der Waals surface area contributed by atoms with Crippen molar-refractivity contribution in [2.24, 2.45) is 0 Å². The van der Waals surface area contributed by atoms with E-state index >= 15 is 0 Å². The lowest BCUT2D eigenvalue weighted by Crippen LogP contribution is -2.24. The largest absolute Gasteiger partial charge is 0.496 e. The highest BCUT2D eigenvalue weighted by Gasteiger charge is 2.14. The van der Waals surface area contributed by atoms with Crippen LogP contribution in [0.3, 0.4) is 0 Å². The number of hydrogen-bond donors (Lipinski definition) is 3. The summed E-state index contributed by atoms with van der Waals surface area (Å²) in [5, 5.41) is 11.7. The van der Waals surface area contributed by atoms with Crippen LogP contribution >= 0.6 is 0 Å². The fourth-order valence-electron chi connectivity index (χ4n) is 2.16. The summed E-state index contributed by atoms with van der Waals surface area (Å²) in [4.78, 5) is 25.1. The number of amides is 1. The number of fused-ring (bicyclic) bond motifs is 1. The summed E-state index contributed by atoms with van der Waals surface area (Å²) in [6.07, 6.45) is 1.13. The van der Waals surface area contributed by atoms with E-state index in [2.05, 4.69) is 10.3 Å². The van der Waals surface area contributed by atoms with Crippen LogP contribution in [0.1, 0.15) is 29.8 Å². The number of H-pyrrole nitrogens is 1. The number of aromatic amines is 1. The highest BCUT2D eigenvalue weighted by Crippen LogP contribution is 2.28. The van der Waals surface area contributed by atoms with E-state index in [0.717, 1.165) is 0 Å². The first-order valence-corrected chi connectivity index (χ1v) is 6.88. The molecular weight excluding hydrogens is 291 g/mol. The maximum atomic E-state index is 13.7. The van der Waals surface area contributed by atoms with Gasteiger partial charge < -0.3 is 20.1 Å². The van der Waals surface area contributed by atoms with Gasteiger partial charge in [-0.15, -0.1) is 0 Å². The number of nitrogens with one attached hydrogen (secondary N) is 2. The number of rotatable bonds is 7. The number of unbranched alkanes of at least 4 members (excludes halogenated alkanes) is 1. The molecule has 0 aliphatic carbocycles. The first kappa shape index (κ1) is 15.8. The Hall–Kier alpha value is -2.57. The van der Waals surface area contributed by atoms with E-state index in [9.17, 15) is 14.0 Å². The molecule has 3 N–H and O–H groups in total. The van der Waals surface area contributed by atoms with Gasteiger partial charge in [0.15, 0.2) is 0 Å². The predicted molar refractivity (Wildman–Crippen MR) is 78.6 cm³/mol. The summed E-state index contributed by atoms with van der Waals surface area (Å²) in [5.74, 6) is -1.21. The van der Waals surface area contributed by atoms with Gasteiger partial charge in [0.05, 0.1) is 12.6 Å². The second kappa shape index (κ2) is 6.93. The first-order valence-electron chi connectivity index (χ1n) is 6.88. The summed E-state index contributed by atoms with van der Waals surface area (Å²) in [7, 11) is 1.47. The zero-order valence-corrected chi connectivity index (χ0v) is 12.1. The lowest BCUT2D eigenvalue weighted by molar-refractivity contribution is -0.137. The zero-order chi connectivity index (χ0) is 16.1. The van der Waals surface area contributed by atoms with Gasteiger partial charge >= 0.3 is 5.97 Å². The lowest BCUT2D eigenvalue weighted by Gasteiger charge is -2.02. The molecule has 1 aromatic heterocycles. The number of benzene rings is 1. The van der Waals surface area contributed by atoms with E-state index in [0.29, 0.717) is 30.5 Å². The number of halogens is 1. The number of methoxy groups -OCH3 is 1. The minimum atomic E-state index is -0.857. The molecule has 0 saturated heterocycles. The number of aliphatic carboxylic acids is 1. The number of carbonyl (C=O) groups is 2. The SMILES string of the molecule is COc1ccc(F)c2[nH]c(C(=O)NCCCCC(=O)O)cc12. The molecule has 22 heavy (non-hydrogen) atoms. The van der Waals surface area contributed by atoms with Crippen molar-refractivity contribution >= 4 is 22.8 Å². The van der Waals surface area contributed by atoms with Gasteiger partial charge in [-0.25, -0.2) is 4.39 Å². The molecule has 0 atom stereocenters. The molecule has 118 valence electrons. The van der Waals surface area contributed by atoms with Gasteiger partial charge in [-0.3, -0.25) is 9.59 Å². The van der Waals surface area contributed by atoms with Crippen LogP contribution in [0.25, 0.3) is 10.9 Å². The van der Waals surface area contributed by atoms with Crippen LogP contribution in [0.15, 0.2) is 18.2 Å². The van der Waals surface area contributed by atoms with Crippen LogP contribution in [0.4, 0.5) is 4.39 Å². The molecule has 6 nitrogen and oxygen atoms in total. The zero-order valence-electron chi connectivity index (χ0n) is 12.1. The second-order valence-electron chi connectivity index (χ2n) is 4.83. The Morgan fingerprint density at radius 1 is 1.36 bits per heavy atom. The Balaban J connectivity index is 2.03. The number of carbonyl (C=O) groups excluding carboxylic acids is 1. The highest BCUT2D eigenvalue weighted by molar-refractivity contribution is 5.99. The van der Waals surface area contributed by atoms with E-state index < -0.39 is 11.8 Å². The van der Waals surface area contributed by atoms with Gasteiger partial charge in [0, 0.05) is 18.4 Å². The van der Waals surface area contributed by atoms with Crippen molar-refractivity contribution in [1.29, 1.82) is 0 Å². The molecule has 1 amide bonds. The molecule has 1 heterocycles. The fraction of sp³-hybridized carbons (Fsp3) is 0.333. The molecule has 2 rings (SSSR count). The number of carboxylic acid groups (broad SMARTS) is 1. The summed E-state index contributed by atoms with van der Waals surface area (Å²) in [6.45, 7) is 0.362. The van der Waals surface area contributed by atoms with Crippen LogP contribution in [-0.2, 0) is 4.79 Å². The minimum Gasteiger partial charge on any atom is -0.496 e. The molecule has 7 heteroatoms. The minimum absolute atomic E-state index is 0.0741. The van der Waals surface area contributed by atoms with E-state index in [-0.39, 0.29) is 23.5 Å². The number of ether oxygens (including phenoxy) is 1. The van der Waals surface area contributed by atoms with Crippen molar-refractivity contribution in [3.8, 4) is 5.75 Å². The van der Waals surface area contributed by atoms with Crippen LogP contribution in [0.5, 0.6) is 5.75 Å². The van der Waals surface area contributed by atoms with Gasteiger partial charge in [-0.1, -0.05) is 0 Å². The fourth-order valence-corrected chi connectivity index (χ4v) is 2.16. The van der Waals surface area contributed by atoms with Crippen molar-refractivity contribution < 1.29 is 23.8 Å². The number of carboxylic acids is 1. The summed E-state index contributed by atoms with van der Waals surface area (Å²) in [5.41, 5.74) is 0.451. The molecule has 0 radical (unpaired) electrons. The van der Waals surface area contributed by atoms with Crippen molar-refractivity contribution in [3.63, 3.8) is 0 Å². The van der Waals surface area contributed by atoms with Gasteiger partial charge in [-0.2, -0.15) is 0 Å². The molecule has 0 aliphatic rings. The molecular formula is C15H17FN2O4. The average molecular weight is 308 g/mol. The highest BCUT2D eigenvalue weighted by atomic mass is 19.1.